The highest BCUT2D eigenvalue weighted by Gasteiger charge is 2.41. The maximum absolute atomic E-state index is 14.7. The number of guanidine groups is 1. The largest absolute Gasteiger partial charge is 0.370 e. The summed E-state index contributed by atoms with van der Waals surface area (Å²) in [6.07, 6.45) is 16.7. The standard InChI is InChI=1S/C65H120N14O11/c1-12-14-15-16-17-18-19-20-21-22-23-24-25-32-55(84)73-46(11)58(85)78-57(43(8)13-2)62(89)77-56(41(5)6)61(88)76-49(30-27-34-72-65(69)70)63(90)79-35-28-31-50(79)53(82)39-48(40(3)4)60(87)75-45(10)52(81)37-47(38-54(66)83)59(86)74-44(9)51(80)36-42(7)29-26-33-71-64(67)68/h40-50,56-57,64,71H,12-39,67-68H2,1-11H3,(H2,66,83)(H,73,84)(H,74,86)(H,75,87)(H,76,88)(H,77,89)(H,78,85)(H4,69,70,72)/t42-,43+,44+,45+,46+,47+,48+,49+,50+,56+,57+/m1/s1. The van der Waals surface area contributed by atoms with E-state index in [1.54, 1.807) is 41.5 Å². The summed E-state index contributed by atoms with van der Waals surface area (Å²) in [5.74, 6) is -9.88. The molecule has 0 spiro atoms. The van der Waals surface area contributed by atoms with Crippen molar-refractivity contribution < 1.29 is 52.7 Å². The monoisotopic (exact) mass is 1270 g/mol. The lowest BCUT2D eigenvalue weighted by Crippen LogP contribution is -2.60. The first kappa shape index (κ1) is 81.9. The molecule has 0 aliphatic carbocycles. The molecule has 17 N–H and O–H groups in total. The first-order valence-electron chi connectivity index (χ1n) is 33.7. The van der Waals surface area contributed by atoms with Gasteiger partial charge in [-0.1, -0.05) is 139 Å². The Hall–Kier alpha value is -6.08. The molecule has 1 aliphatic rings. The first-order chi connectivity index (χ1) is 42.4. The molecule has 90 heavy (non-hydrogen) atoms. The number of amides is 8. The van der Waals surface area contributed by atoms with Crippen LogP contribution in [0.5, 0.6) is 0 Å². The van der Waals surface area contributed by atoms with Crippen LogP contribution in [0.4, 0.5) is 0 Å². The number of nitrogens with two attached hydrogens (primary N) is 5. The number of hydrogen-bond donors (Lipinski definition) is 12. The van der Waals surface area contributed by atoms with Crippen molar-refractivity contribution in [3.05, 3.63) is 0 Å². The molecule has 25 heteroatoms. The number of likely N-dealkylation sites (tertiary alicyclic amines) is 1. The van der Waals surface area contributed by atoms with Gasteiger partial charge in [-0.25, -0.2) is 0 Å². The minimum atomic E-state index is -1.24. The highest BCUT2D eigenvalue weighted by Crippen LogP contribution is 2.26. The van der Waals surface area contributed by atoms with Gasteiger partial charge in [0.15, 0.2) is 23.3 Å². The zero-order valence-corrected chi connectivity index (χ0v) is 56.7. The molecule has 1 fully saturated rings. The van der Waals surface area contributed by atoms with E-state index in [0.717, 1.165) is 25.7 Å². The smallest absolute Gasteiger partial charge is 0.245 e. The SMILES string of the molecule is CCCCCCCCCCCCCCCC(=O)N[C@@H](C)C(=O)N[C@H](C(=O)N[C@H](C(=O)N[C@@H](CCCN=C(N)N)C(=O)N1CCC[C@H]1C(=O)C[C@H](C(=O)N[C@@H](C)C(=O)C[C@@H](CC(N)=O)C(=O)N[C@@H](C)C(=O)C[C@H](C)CCCNC(N)N)C(C)C)C(C)C)[C@@H](C)CC. The molecule has 0 aromatic rings. The van der Waals surface area contributed by atoms with Crippen LogP contribution in [0, 0.1) is 35.5 Å². The summed E-state index contributed by atoms with van der Waals surface area (Å²) in [6.45, 7) is 20.0. The molecule has 8 amide bonds. The highest BCUT2D eigenvalue weighted by molar-refractivity contribution is 5.99. The van der Waals surface area contributed by atoms with Crippen molar-refractivity contribution in [2.75, 3.05) is 19.6 Å². The van der Waals surface area contributed by atoms with E-state index in [4.69, 9.17) is 28.7 Å². The van der Waals surface area contributed by atoms with E-state index in [1.165, 1.54) is 76.5 Å². The summed E-state index contributed by atoms with van der Waals surface area (Å²) >= 11 is 0. The third-order valence-electron chi connectivity index (χ3n) is 17.1. The molecule has 0 saturated carbocycles. The molecule has 0 radical (unpaired) electrons. The van der Waals surface area contributed by atoms with Crippen LogP contribution in [0.1, 0.15) is 237 Å². The number of nitrogens with one attached hydrogen (secondary N) is 7. The normalized spacial score (nSPS) is 16.5. The number of ketones is 3. The van der Waals surface area contributed by atoms with Gasteiger partial charge in [-0.2, -0.15) is 0 Å². The number of Topliss-reactive ketones (excluding diaryl/α,β-unsaturated/α-hetero) is 3. The summed E-state index contributed by atoms with van der Waals surface area (Å²) < 4.78 is 0. The van der Waals surface area contributed by atoms with E-state index in [9.17, 15) is 52.7 Å². The van der Waals surface area contributed by atoms with Gasteiger partial charge in [0.2, 0.25) is 47.3 Å². The number of rotatable bonds is 50. The number of unbranched alkanes of at least 4 members (excludes halogenated alkanes) is 12. The fourth-order valence-electron chi connectivity index (χ4n) is 11.1. The van der Waals surface area contributed by atoms with Gasteiger partial charge in [-0.05, 0) is 95.9 Å². The molecule has 0 bridgehead atoms. The summed E-state index contributed by atoms with van der Waals surface area (Å²) in [6, 6.07) is -7.49. The van der Waals surface area contributed by atoms with Gasteiger partial charge >= 0.3 is 0 Å². The zero-order valence-electron chi connectivity index (χ0n) is 56.7. The predicted molar refractivity (Wildman–Crippen MR) is 351 cm³/mol. The second kappa shape index (κ2) is 45.2. The van der Waals surface area contributed by atoms with Gasteiger partial charge < -0.3 is 65.5 Å². The minimum Gasteiger partial charge on any atom is -0.370 e. The molecule has 11 atom stereocenters. The molecule has 1 rings (SSSR count). The number of primary amides is 1. The second-order valence-electron chi connectivity index (χ2n) is 26.0. The molecule has 0 aromatic heterocycles. The molecular formula is C65H120N14O11. The van der Waals surface area contributed by atoms with Crippen LogP contribution in [0.3, 0.4) is 0 Å². The molecule has 1 aliphatic heterocycles. The average Bonchev–Trinajstić information content (AvgIpc) is 2.15. The molecule has 0 unspecified atom stereocenters. The van der Waals surface area contributed by atoms with Crippen LogP contribution >= 0.6 is 0 Å². The molecular weight excluding hydrogens is 1150 g/mol. The Balaban J connectivity index is 3.12. The van der Waals surface area contributed by atoms with Gasteiger partial charge in [0.05, 0.1) is 24.0 Å². The second-order valence-corrected chi connectivity index (χ2v) is 26.0. The lowest BCUT2D eigenvalue weighted by atomic mass is 9.87. The maximum Gasteiger partial charge on any atom is 0.245 e. The van der Waals surface area contributed by atoms with Gasteiger partial charge in [-0.3, -0.25) is 63.0 Å². The quantitative estimate of drug-likeness (QED) is 0.0177. The number of nitrogens with zero attached hydrogens (tertiary/aromatic N) is 2. The van der Waals surface area contributed by atoms with Gasteiger partial charge in [0.25, 0.3) is 0 Å². The summed E-state index contributed by atoms with van der Waals surface area (Å²) in [4.78, 5) is 156. The van der Waals surface area contributed by atoms with Gasteiger partial charge in [0.1, 0.15) is 30.5 Å². The van der Waals surface area contributed by atoms with Gasteiger partial charge in [-0.15, -0.1) is 0 Å². The molecule has 25 nitrogen and oxygen atoms in total. The van der Waals surface area contributed by atoms with E-state index in [1.807, 2.05) is 13.8 Å². The van der Waals surface area contributed by atoms with E-state index in [-0.39, 0.29) is 81.1 Å². The maximum atomic E-state index is 14.7. The van der Waals surface area contributed by atoms with E-state index in [2.05, 4.69) is 49.1 Å². The Morgan fingerprint density at radius 1 is 0.533 bits per heavy atom. The third-order valence-corrected chi connectivity index (χ3v) is 17.1. The van der Waals surface area contributed by atoms with Crippen molar-refractivity contribution in [3.63, 3.8) is 0 Å². The first-order valence-corrected chi connectivity index (χ1v) is 33.7. The Labute approximate surface area is 537 Å². The Morgan fingerprint density at radius 2 is 1.08 bits per heavy atom. The lowest BCUT2D eigenvalue weighted by Gasteiger charge is -2.32. The lowest BCUT2D eigenvalue weighted by molar-refractivity contribution is -0.142. The summed E-state index contributed by atoms with van der Waals surface area (Å²) in [5.41, 5.74) is 27.7. The highest BCUT2D eigenvalue weighted by atomic mass is 16.2. The van der Waals surface area contributed by atoms with E-state index < -0.39 is 138 Å². The van der Waals surface area contributed by atoms with Crippen LogP contribution in [0.25, 0.3) is 0 Å². The van der Waals surface area contributed by atoms with Crippen LogP contribution in [0.2, 0.25) is 0 Å². The van der Waals surface area contributed by atoms with Crippen molar-refractivity contribution in [1.29, 1.82) is 0 Å². The molecule has 1 saturated heterocycles. The Morgan fingerprint density at radius 3 is 1.61 bits per heavy atom. The van der Waals surface area contributed by atoms with Crippen LogP contribution in [-0.2, 0) is 52.7 Å². The Bertz CT molecular complexity index is 2280. The predicted octanol–water partition coefficient (Wildman–Crippen LogP) is 4.03. The van der Waals surface area contributed by atoms with Crippen LogP contribution in [-0.4, -0.2) is 144 Å². The van der Waals surface area contributed by atoms with E-state index >= 15 is 0 Å². The average molecular weight is 1270 g/mol. The minimum absolute atomic E-state index is 0.0109. The summed E-state index contributed by atoms with van der Waals surface area (Å²) in [7, 11) is 0. The molecule has 0 aromatic carbocycles. The van der Waals surface area contributed by atoms with Crippen molar-refractivity contribution in [2.24, 2.45) is 69.2 Å². The Kier molecular flexibility index (Phi) is 41.2. The summed E-state index contributed by atoms with van der Waals surface area (Å²) in [5, 5.41) is 19.4. The van der Waals surface area contributed by atoms with E-state index in [0.29, 0.717) is 32.2 Å². The number of carbonyl (C=O) groups is 11. The third kappa shape index (κ3) is 33.3. The fraction of sp³-hybridized carbons (Fsp3) is 0.815. The van der Waals surface area contributed by atoms with Crippen LogP contribution in [0.15, 0.2) is 4.99 Å². The molecule has 1 heterocycles. The number of hydrogen-bond acceptors (Lipinski definition) is 15. The number of carbonyl (C=O) groups excluding carboxylic acids is 11. The van der Waals surface area contributed by atoms with Crippen molar-refractivity contribution >= 4 is 70.6 Å². The zero-order chi connectivity index (χ0) is 68.0. The van der Waals surface area contributed by atoms with Crippen LogP contribution < -0.4 is 65.9 Å². The van der Waals surface area contributed by atoms with Crippen molar-refractivity contribution in [2.45, 2.75) is 285 Å². The fourth-order valence-corrected chi connectivity index (χ4v) is 11.1. The topological polar surface area (TPSA) is 418 Å². The van der Waals surface area contributed by atoms with Crippen molar-refractivity contribution in [3.8, 4) is 0 Å². The van der Waals surface area contributed by atoms with Crippen molar-refractivity contribution in [1.82, 2.24) is 42.1 Å². The van der Waals surface area contributed by atoms with Gasteiger partial charge in [0, 0.05) is 51.1 Å². The molecule has 516 valence electrons. The number of aliphatic imine (C=N–C) groups is 1.